The van der Waals surface area contributed by atoms with E-state index in [9.17, 15) is 4.79 Å². The molecule has 0 unspecified atom stereocenters. The molecule has 0 aliphatic rings. The van der Waals surface area contributed by atoms with Crippen LogP contribution in [0.4, 0.5) is 5.69 Å². The highest BCUT2D eigenvalue weighted by Gasteiger charge is 2.15. The predicted molar refractivity (Wildman–Crippen MR) is 141 cm³/mol. The third-order valence-corrected chi connectivity index (χ3v) is 6.44. The van der Waals surface area contributed by atoms with E-state index in [-0.39, 0.29) is 5.91 Å². The lowest BCUT2D eigenvalue weighted by Crippen LogP contribution is -2.13. The Kier molecular flexibility index (Phi) is 6.59. The van der Waals surface area contributed by atoms with E-state index >= 15 is 0 Å². The maximum absolute atomic E-state index is 13.1. The number of pyridine rings is 1. The minimum atomic E-state index is -0.192. The van der Waals surface area contributed by atoms with Gasteiger partial charge in [-0.25, -0.2) is 0 Å². The zero-order valence-corrected chi connectivity index (χ0v) is 19.8. The zero-order chi connectivity index (χ0) is 24.0. The second-order valence-corrected chi connectivity index (χ2v) is 8.77. The van der Waals surface area contributed by atoms with Crippen LogP contribution in [-0.2, 0) is 0 Å². The van der Waals surface area contributed by atoms with Crippen molar-refractivity contribution in [2.45, 2.75) is 9.79 Å². The monoisotopic (exact) mass is 478 g/mol. The van der Waals surface area contributed by atoms with Crippen molar-refractivity contribution in [3.63, 3.8) is 0 Å². The van der Waals surface area contributed by atoms with E-state index < -0.39 is 0 Å². The van der Waals surface area contributed by atoms with Gasteiger partial charge in [0.1, 0.15) is 5.75 Å². The lowest BCUT2D eigenvalue weighted by Gasteiger charge is -2.12. The molecule has 0 fully saturated rings. The van der Waals surface area contributed by atoms with Gasteiger partial charge < -0.3 is 10.1 Å². The van der Waals surface area contributed by atoms with Crippen LogP contribution in [0.25, 0.3) is 23.1 Å². The molecule has 0 saturated carbocycles. The fourth-order valence-corrected chi connectivity index (χ4v) is 4.64. The maximum Gasteiger partial charge on any atom is 0.256 e. The quantitative estimate of drug-likeness (QED) is 0.278. The second kappa shape index (κ2) is 10.3. The predicted octanol–water partition coefficient (Wildman–Crippen LogP) is 6.54. The Morgan fingerprint density at radius 2 is 1.80 bits per heavy atom. The summed E-state index contributed by atoms with van der Waals surface area (Å²) in [6.07, 6.45) is 5.65. The number of carbonyl (C=O) groups is 1. The first-order valence-corrected chi connectivity index (χ1v) is 11.8. The van der Waals surface area contributed by atoms with Crippen molar-refractivity contribution in [2.75, 3.05) is 12.4 Å². The number of amides is 1. The van der Waals surface area contributed by atoms with Gasteiger partial charge in [-0.05, 0) is 66.7 Å². The molecule has 0 aliphatic heterocycles. The molecule has 5 aromatic rings. The Bertz CT molecular complexity index is 1510. The number of hydrogen-bond donors (Lipinski definition) is 2. The number of rotatable bonds is 7. The zero-order valence-electron chi connectivity index (χ0n) is 18.9. The third kappa shape index (κ3) is 5.10. The van der Waals surface area contributed by atoms with Crippen molar-refractivity contribution >= 4 is 46.4 Å². The molecule has 0 atom stereocenters. The summed E-state index contributed by atoms with van der Waals surface area (Å²) in [4.78, 5) is 19.3. The lowest BCUT2D eigenvalue weighted by molar-refractivity contribution is 0.102. The number of para-hydroxylation sites is 2. The summed E-state index contributed by atoms with van der Waals surface area (Å²) in [7, 11) is 1.58. The molecule has 5 rings (SSSR count). The highest BCUT2D eigenvalue weighted by molar-refractivity contribution is 7.99. The highest BCUT2D eigenvalue weighted by atomic mass is 32.2. The Hall–Kier alpha value is -4.36. The van der Waals surface area contributed by atoms with E-state index in [0.29, 0.717) is 17.0 Å². The van der Waals surface area contributed by atoms with Crippen molar-refractivity contribution in [1.29, 1.82) is 0 Å². The number of methoxy groups -OCH3 is 1. The van der Waals surface area contributed by atoms with E-state index in [1.54, 1.807) is 13.3 Å². The molecule has 2 aromatic heterocycles. The first-order chi connectivity index (χ1) is 17.2. The van der Waals surface area contributed by atoms with Gasteiger partial charge in [-0.1, -0.05) is 42.1 Å². The van der Waals surface area contributed by atoms with Gasteiger partial charge >= 0.3 is 0 Å². The molecular formula is C28H22N4O2S. The molecule has 0 aliphatic carbocycles. The van der Waals surface area contributed by atoms with Crippen molar-refractivity contribution < 1.29 is 9.53 Å². The number of fused-ring (bicyclic) bond motifs is 1. The number of H-pyrrole nitrogens is 1. The van der Waals surface area contributed by atoms with Gasteiger partial charge in [-0.3, -0.25) is 14.9 Å². The van der Waals surface area contributed by atoms with E-state index in [1.165, 1.54) is 11.8 Å². The minimum absolute atomic E-state index is 0.192. The molecule has 7 heteroatoms. The summed E-state index contributed by atoms with van der Waals surface area (Å²) >= 11 is 1.53. The molecular weight excluding hydrogens is 456 g/mol. The van der Waals surface area contributed by atoms with Gasteiger partial charge in [-0.2, -0.15) is 5.10 Å². The highest BCUT2D eigenvalue weighted by Crippen LogP contribution is 2.33. The van der Waals surface area contributed by atoms with Crippen LogP contribution in [-0.4, -0.2) is 28.2 Å². The van der Waals surface area contributed by atoms with Crippen LogP contribution in [0, 0.1) is 0 Å². The van der Waals surface area contributed by atoms with Gasteiger partial charge in [0.05, 0.1) is 35.3 Å². The Morgan fingerprint density at radius 3 is 2.66 bits per heavy atom. The maximum atomic E-state index is 13.1. The third-order valence-electron chi connectivity index (χ3n) is 5.38. The summed E-state index contributed by atoms with van der Waals surface area (Å²) in [5, 5.41) is 11.5. The van der Waals surface area contributed by atoms with Crippen LogP contribution < -0.4 is 10.1 Å². The first-order valence-electron chi connectivity index (χ1n) is 11.0. The summed E-state index contributed by atoms with van der Waals surface area (Å²) in [5.74, 6) is 0.422. The number of aromatic nitrogens is 3. The average molecular weight is 479 g/mol. The van der Waals surface area contributed by atoms with Crippen molar-refractivity contribution in [3.05, 3.63) is 108 Å². The fraction of sp³-hybridized carbons (Fsp3) is 0.0357. The SMILES string of the molecule is COc1ccccc1NC(=O)c1ccccc1Sc1ccc2c(/C=C/c3ccccn3)n[nH]c2c1. The number of benzene rings is 3. The number of aromatic amines is 1. The summed E-state index contributed by atoms with van der Waals surface area (Å²) < 4.78 is 5.36. The fourth-order valence-electron chi connectivity index (χ4n) is 3.66. The summed E-state index contributed by atoms with van der Waals surface area (Å²) in [6.45, 7) is 0. The molecule has 0 saturated heterocycles. The average Bonchev–Trinajstić information content (AvgIpc) is 3.31. The molecule has 2 N–H and O–H groups in total. The normalized spacial score (nSPS) is 11.1. The van der Waals surface area contributed by atoms with E-state index in [1.807, 2.05) is 97.1 Å². The molecule has 2 heterocycles. The standard InChI is InChI=1S/C28H22N4O2S/c1-34-26-11-4-3-10-24(26)30-28(33)22-9-2-5-12-27(22)35-20-14-15-21-23(31-32-25(21)18-20)16-13-19-8-6-7-17-29-19/h2-18H,1H3,(H,30,33)(H,31,32)/b16-13+. The molecule has 0 radical (unpaired) electrons. The lowest BCUT2D eigenvalue weighted by atomic mass is 10.2. The van der Waals surface area contributed by atoms with E-state index in [2.05, 4.69) is 20.5 Å². The number of ether oxygens (including phenoxy) is 1. The Labute approximate surface area is 207 Å². The van der Waals surface area contributed by atoms with E-state index in [4.69, 9.17) is 4.74 Å². The van der Waals surface area contributed by atoms with Gasteiger partial charge in [0, 0.05) is 21.4 Å². The van der Waals surface area contributed by atoms with Gasteiger partial charge in [0.25, 0.3) is 5.91 Å². The van der Waals surface area contributed by atoms with Gasteiger partial charge in [0.15, 0.2) is 0 Å². The Balaban J connectivity index is 1.37. The number of hydrogen-bond acceptors (Lipinski definition) is 5. The van der Waals surface area contributed by atoms with Gasteiger partial charge in [0.2, 0.25) is 0 Å². The number of nitrogens with one attached hydrogen (secondary N) is 2. The largest absolute Gasteiger partial charge is 0.495 e. The topological polar surface area (TPSA) is 79.9 Å². The van der Waals surface area contributed by atoms with Crippen LogP contribution in [0.3, 0.4) is 0 Å². The van der Waals surface area contributed by atoms with Crippen LogP contribution in [0.1, 0.15) is 21.7 Å². The summed E-state index contributed by atoms with van der Waals surface area (Å²) in [6, 6.07) is 26.8. The number of anilines is 1. The molecule has 35 heavy (non-hydrogen) atoms. The van der Waals surface area contributed by atoms with Crippen molar-refractivity contribution in [3.8, 4) is 5.75 Å². The Morgan fingerprint density at radius 1 is 0.971 bits per heavy atom. The van der Waals surface area contributed by atoms with Crippen LogP contribution in [0.5, 0.6) is 5.75 Å². The molecule has 3 aromatic carbocycles. The van der Waals surface area contributed by atoms with Crippen LogP contribution in [0.15, 0.2) is 101 Å². The summed E-state index contributed by atoms with van der Waals surface area (Å²) in [5.41, 5.74) is 3.86. The van der Waals surface area contributed by atoms with Crippen molar-refractivity contribution in [1.82, 2.24) is 15.2 Å². The van der Waals surface area contributed by atoms with Crippen LogP contribution in [0.2, 0.25) is 0 Å². The first kappa shape index (κ1) is 22.4. The number of carbonyl (C=O) groups excluding carboxylic acids is 1. The smallest absolute Gasteiger partial charge is 0.256 e. The molecule has 172 valence electrons. The van der Waals surface area contributed by atoms with Crippen LogP contribution >= 0.6 is 11.8 Å². The van der Waals surface area contributed by atoms with Crippen molar-refractivity contribution in [2.24, 2.45) is 0 Å². The van der Waals surface area contributed by atoms with Gasteiger partial charge in [-0.15, -0.1) is 0 Å². The second-order valence-electron chi connectivity index (χ2n) is 7.66. The molecule has 0 spiro atoms. The molecule has 0 bridgehead atoms. The number of nitrogens with zero attached hydrogens (tertiary/aromatic N) is 2. The molecule has 6 nitrogen and oxygen atoms in total. The molecule has 1 amide bonds. The van der Waals surface area contributed by atoms with E-state index in [0.717, 1.165) is 32.1 Å². The minimum Gasteiger partial charge on any atom is -0.495 e.